The smallest absolute Gasteiger partial charge is 0.326 e. The van der Waals surface area contributed by atoms with Crippen molar-refractivity contribution < 1.29 is 14.7 Å². The van der Waals surface area contributed by atoms with Gasteiger partial charge in [-0.3, -0.25) is 0 Å². The summed E-state index contributed by atoms with van der Waals surface area (Å²) < 4.78 is 0. The number of carbonyl (C=O) groups is 2. The number of aliphatic carboxylic acids is 1. The Hall–Kier alpha value is -0.910. The highest BCUT2D eigenvalue weighted by Gasteiger charge is 2.37. The lowest BCUT2D eigenvalue weighted by atomic mass is 9.91. The third-order valence-corrected chi connectivity index (χ3v) is 5.24. The van der Waals surface area contributed by atoms with Crippen LogP contribution in [0.3, 0.4) is 0 Å². The van der Waals surface area contributed by atoms with Crippen molar-refractivity contribution in [1.29, 1.82) is 0 Å². The molecule has 3 unspecified atom stereocenters. The molecule has 0 bridgehead atoms. The van der Waals surface area contributed by atoms with E-state index in [-0.39, 0.29) is 11.9 Å². The van der Waals surface area contributed by atoms with Gasteiger partial charge in [-0.1, -0.05) is 6.92 Å². The highest BCUT2D eigenvalue weighted by atomic mass is 32.2. The van der Waals surface area contributed by atoms with Crippen LogP contribution < -0.4 is 5.32 Å². The van der Waals surface area contributed by atoms with E-state index in [9.17, 15) is 14.7 Å². The van der Waals surface area contributed by atoms with Gasteiger partial charge in [-0.25, -0.2) is 9.59 Å². The molecular formula is C13H22N2O3S. The van der Waals surface area contributed by atoms with Crippen LogP contribution in [0.25, 0.3) is 0 Å². The van der Waals surface area contributed by atoms with Gasteiger partial charge in [-0.05, 0) is 42.6 Å². The number of piperidine rings is 1. The summed E-state index contributed by atoms with van der Waals surface area (Å²) in [6.45, 7) is 3.13. The van der Waals surface area contributed by atoms with Gasteiger partial charge in [0.25, 0.3) is 0 Å². The quantitative estimate of drug-likeness (QED) is 0.827. The van der Waals surface area contributed by atoms with E-state index in [1.165, 1.54) is 10.7 Å². The Bertz CT molecular complexity index is 345. The molecule has 2 aliphatic heterocycles. The van der Waals surface area contributed by atoms with Gasteiger partial charge in [0.1, 0.15) is 6.04 Å². The maximum atomic E-state index is 12.2. The molecule has 2 saturated heterocycles. The highest BCUT2D eigenvalue weighted by Crippen LogP contribution is 2.25. The first kappa shape index (κ1) is 14.5. The van der Waals surface area contributed by atoms with Gasteiger partial charge < -0.3 is 15.3 Å². The van der Waals surface area contributed by atoms with Crippen LogP contribution in [0.4, 0.5) is 4.79 Å². The van der Waals surface area contributed by atoms with Gasteiger partial charge in [0, 0.05) is 13.1 Å². The lowest BCUT2D eigenvalue weighted by molar-refractivity contribution is -0.145. The van der Waals surface area contributed by atoms with E-state index in [0.717, 1.165) is 25.0 Å². The molecule has 2 N–H and O–H groups in total. The summed E-state index contributed by atoms with van der Waals surface area (Å²) in [7, 11) is 0. The maximum absolute atomic E-state index is 12.2. The normalized spacial score (nSPS) is 31.2. The predicted molar refractivity (Wildman–Crippen MR) is 75.4 cm³/mol. The molecule has 0 aromatic rings. The van der Waals surface area contributed by atoms with Gasteiger partial charge in [-0.15, -0.1) is 0 Å². The first-order chi connectivity index (χ1) is 9.09. The van der Waals surface area contributed by atoms with Gasteiger partial charge in [-0.2, -0.15) is 11.8 Å². The van der Waals surface area contributed by atoms with E-state index in [1.807, 2.05) is 18.7 Å². The second-order valence-electron chi connectivity index (χ2n) is 5.51. The number of carboxylic acid groups (broad SMARTS) is 1. The van der Waals surface area contributed by atoms with Crippen molar-refractivity contribution >= 4 is 23.8 Å². The predicted octanol–water partition coefficient (Wildman–Crippen LogP) is 1.63. The number of rotatable bonds is 3. The molecule has 6 heteroatoms. The van der Waals surface area contributed by atoms with Crippen molar-refractivity contribution in [2.75, 3.05) is 24.6 Å². The summed E-state index contributed by atoms with van der Waals surface area (Å²) in [5, 5.41) is 12.2. The highest BCUT2D eigenvalue weighted by molar-refractivity contribution is 7.99. The molecular weight excluding hydrogens is 264 g/mol. The fraction of sp³-hybridized carbons (Fsp3) is 0.846. The van der Waals surface area contributed by atoms with Crippen molar-refractivity contribution in [3.05, 3.63) is 0 Å². The topological polar surface area (TPSA) is 69.6 Å². The maximum Gasteiger partial charge on any atom is 0.326 e. The molecule has 0 saturated carbocycles. The van der Waals surface area contributed by atoms with E-state index in [4.69, 9.17) is 0 Å². The van der Waals surface area contributed by atoms with Crippen LogP contribution in [0, 0.1) is 11.8 Å². The van der Waals surface area contributed by atoms with Crippen LogP contribution in [0.2, 0.25) is 0 Å². The minimum absolute atomic E-state index is 0.0269. The molecule has 2 aliphatic rings. The van der Waals surface area contributed by atoms with Crippen LogP contribution >= 0.6 is 11.8 Å². The standard InChI is InChI=1S/C13H22N2O3S/c1-9-3-2-5-15(11(9)12(16)17)13(18)14-7-10-4-6-19-8-10/h9-11H,2-8H2,1H3,(H,14,18)(H,16,17). The first-order valence-corrected chi connectivity index (χ1v) is 8.10. The molecule has 0 aromatic carbocycles. The second-order valence-corrected chi connectivity index (χ2v) is 6.66. The number of nitrogens with one attached hydrogen (secondary N) is 1. The van der Waals surface area contributed by atoms with Crippen LogP contribution in [0.1, 0.15) is 26.2 Å². The number of carbonyl (C=O) groups excluding carboxylic acids is 1. The molecule has 2 amide bonds. The minimum Gasteiger partial charge on any atom is -0.480 e. The summed E-state index contributed by atoms with van der Waals surface area (Å²) >= 11 is 1.92. The number of carboxylic acids is 1. The average molecular weight is 286 g/mol. The molecule has 0 aromatic heterocycles. The second kappa shape index (κ2) is 6.50. The summed E-state index contributed by atoms with van der Waals surface area (Å²) in [5.41, 5.74) is 0. The number of thioether (sulfide) groups is 1. The molecule has 0 radical (unpaired) electrons. The zero-order valence-electron chi connectivity index (χ0n) is 11.3. The molecule has 0 spiro atoms. The number of hydrogen-bond donors (Lipinski definition) is 2. The Morgan fingerprint density at radius 3 is 2.84 bits per heavy atom. The minimum atomic E-state index is -0.890. The van der Waals surface area contributed by atoms with E-state index < -0.39 is 12.0 Å². The largest absolute Gasteiger partial charge is 0.480 e. The lowest BCUT2D eigenvalue weighted by Gasteiger charge is -2.37. The van der Waals surface area contributed by atoms with Crippen molar-refractivity contribution in [3.8, 4) is 0 Å². The summed E-state index contributed by atoms with van der Waals surface area (Å²) in [6, 6.07) is -0.887. The van der Waals surface area contributed by atoms with E-state index in [2.05, 4.69) is 5.32 Å². The van der Waals surface area contributed by atoms with Crippen LogP contribution in [-0.4, -0.2) is 52.6 Å². The van der Waals surface area contributed by atoms with Crippen LogP contribution in [0.15, 0.2) is 0 Å². The van der Waals surface area contributed by atoms with Crippen LogP contribution in [0.5, 0.6) is 0 Å². The van der Waals surface area contributed by atoms with Gasteiger partial charge in [0.15, 0.2) is 0 Å². The molecule has 3 atom stereocenters. The van der Waals surface area contributed by atoms with Crippen LogP contribution in [-0.2, 0) is 4.79 Å². The van der Waals surface area contributed by atoms with E-state index in [1.54, 1.807) is 0 Å². The zero-order chi connectivity index (χ0) is 13.8. The Kier molecular flexibility index (Phi) is 4.96. The Morgan fingerprint density at radius 1 is 1.42 bits per heavy atom. The average Bonchev–Trinajstić information content (AvgIpc) is 2.88. The fourth-order valence-electron chi connectivity index (χ4n) is 2.87. The Labute approximate surface area is 118 Å². The van der Waals surface area contributed by atoms with Gasteiger partial charge >= 0.3 is 12.0 Å². The SMILES string of the molecule is CC1CCCN(C(=O)NCC2CCSC2)C1C(=O)O. The van der Waals surface area contributed by atoms with Crippen molar-refractivity contribution in [2.45, 2.75) is 32.2 Å². The van der Waals surface area contributed by atoms with Gasteiger partial charge in [0.05, 0.1) is 0 Å². The zero-order valence-corrected chi connectivity index (χ0v) is 12.1. The number of likely N-dealkylation sites (tertiary alicyclic amines) is 1. The van der Waals surface area contributed by atoms with Crippen molar-refractivity contribution in [3.63, 3.8) is 0 Å². The van der Waals surface area contributed by atoms with Gasteiger partial charge in [0.2, 0.25) is 0 Å². The summed E-state index contributed by atoms with van der Waals surface area (Å²) in [6.07, 6.45) is 2.90. The molecule has 2 heterocycles. The third-order valence-electron chi connectivity index (χ3n) is 4.01. The fourth-order valence-corrected chi connectivity index (χ4v) is 4.15. The molecule has 0 aliphatic carbocycles. The Morgan fingerprint density at radius 2 is 2.21 bits per heavy atom. The first-order valence-electron chi connectivity index (χ1n) is 6.94. The number of hydrogen-bond acceptors (Lipinski definition) is 3. The molecule has 19 heavy (non-hydrogen) atoms. The molecule has 2 fully saturated rings. The summed E-state index contributed by atoms with van der Waals surface area (Å²) in [4.78, 5) is 25.0. The van der Waals surface area contributed by atoms with E-state index >= 15 is 0 Å². The lowest BCUT2D eigenvalue weighted by Crippen LogP contribution is -2.55. The molecule has 5 nitrogen and oxygen atoms in total. The monoisotopic (exact) mass is 286 g/mol. The third kappa shape index (κ3) is 3.55. The Balaban J connectivity index is 1.89. The number of nitrogens with zero attached hydrogens (tertiary/aromatic N) is 1. The van der Waals surface area contributed by atoms with E-state index in [0.29, 0.717) is 19.0 Å². The summed E-state index contributed by atoms with van der Waals surface area (Å²) in [5.74, 6) is 1.94. The number of urea groups is 1. The molecule has 108 valence electrons. The molecule has 2 rings (SSSR count). The van der Waals surface area contributed by atoms with Crippen molar-refractivity contribution in [2.24, 2.45) is 11.8 Å². The number of amides is 2. The van der Waals surface area contributed by atoms with Crippen molar-refractivity contribution in [1.82, 2.24) is 10.2 Å².